The molecule has 0 aliphatic rings. The van der Waals surface area contributed by atoms with Crippen LogP contribution in [0, 0.1) is 0 Å². The number of aliphatic carboxylic acids is 1. The maximum absolute atomic E-state index is 11.8. The largest absolute Gasteiger partial charge is 0.493 e. The van der Waals surface area contributed by atoms with Gasteiger partial charge in [0, 0.05) is 6.04 Å². The fourth-order valence-electron chi connectivity index (χ4n) is 1.81. The highest BCUT2D eigenvalue weighted by atomic mass is 16.5. The number of rotatable bonds is 7. The van der Waals surface area contributed by atoms with Crippen molar-refractivity contribution in [2.45, 2.75) is 25.8 Å². The van der Waals surface area contributed by atoms with Gasteiger partial charge in [-0.2, -0.15) is 0 Å². The van der Waals surface area contributed by atoms with Crippen LogP contribution in [-0.2, 0) is 16.0 Å². The average Bonchev–Trinajstić information content (AvgIpc) is 2.37. The Hall–Kier alpha value is -2.24. The van der Waals surface area contributed by atoms with Crippen molar-refractivity contribution in [1.82, 2.24) is 5.32 Å². The highest BCUT2D eigenvalue weighted by Crippen LogP contribution is 2.27. The van der Waals surface area contributed by atoms with Crippen molar-refractivity contribution in [3.05, 3.63) is 23.8 Å². The molecular weight excluding hydrogens is 262 g/mol. The molecule has 0 fully saturated rings. The molecule has 2 N–H and O–H groups in total. The van der Waals surface area contributed by atoms with Crippen molar-refractivity contribution in [2.24, 2.45) is 0 Å². The van der Waals surface area contributed by atoms with Gasteiger partial charge in [-0.15, -0.1) is 0 Å². The summed E-state index contributed by atoms with van der Waals surface area (Å²) in [5, 5.41) is 11.3. The molecule has 0 aromatic heterocycles. The number of nitrogens with one attached hydrogen (secondary N) is 1. The molecule has 0 saturated heterocycles. The van der Waals surface area contributed by atoms with E-state index in [0.717, 1.165) is 5.56 Å². The highest BCUT2D eigenvalue weighted by Gasteiger charge is 2.12. The fraction of sp³-hybridized carbons (Fsp3) is 0.429. The second kappa shape index (κ2) is 7.37. The van der Waals surface area contributed by atoms with Crippen LogP contribution in [0.1, 0.15) is 18.9 Å². The van der Waals surface area contributed by atoms with Crippen LogP contribution in [0.5, 0.6) is 11.5 Å². The predicted molar refractivity (Wildman–Crippen MR) is 73.1 cm³/mol. The molecule has 0 aliphatic carbocycles. The van der Waals surface area contributed by atoms with E-state index in [1.165, 1.54) is 14.2 Å². The van der Waals surface area contributed by atoms with Crippen LogP contribution < -0.4 is 14.8 Å². The summed E-state index contributed by atoms with van der Waals surface area (Å²) in [4.78, 5) is 22.3. The molecule has 0 heterocycles. The number of carboxylic acids is 1. The van der Waals surface area contributed by atoms with Crippen LogP contribution in [-0.4, -0.2) is 37.2 Å². The van der Waals surface area contributed by atoms with Gasteiger partial charge in [0.05, 0.1) is 27.1 Å². The predicted octanol–water partition coefficient (Wildman–Crippen LogP) is 1.23. The maximum Gasteiger partial charge on any atom is 0.305 e. The van der Waals surface area contributed by atoms with Crippen molar-refractivity contribution in [2.75, 3.05) is 14.2 Å². The minimum atomic E-state index is -0.941. The lowest BCUT2D eigenvalue weighted by Gasteiger charge is -2.12. The van der Waals surface area contributed by atoms with Gasteiger partial charge in [-0.25, -0.2) is 0 Å². The molecule has 1 aromatic carbocycles. The molecule has 1 amide bonds. The lowest BCUT2D eigenvalue weighted by atomic mass is 10.1. The summed E-state index contributed by atoms with van der Waals surface area (Å²) in [5.41, 5.74) is 0.766. The van der Waals surface area contributed by atoms with Gasteiger partial charge in [-0.1, -0.05) is 6.07 Å². The maximum atomic E-state index is 11.8. The topological polar surface area (TPSA) is 84.9 Å². The van der Waals surface area contributed by atoms with Gasteiger partial charge in [0.15, 0.2) is 11.5 Å². The van der Waals surface area contributed by atoms with Crippen LogP contribution in [0.2, 0.25) is 0 Å². The number of hydrogen-bond acceptors (Lipinski definition) is 4. The molecular formula is C14H19NO5. The first-order chi connectivity index (χ1) is 9.46. The fourth-order valence-corrected chi connectivity index (χ4v) is 1.81. The van der Waals surface area contributed by atoms with Crippen molar-refractivity contribution in [3.8, 4) is 11.5 Å². The number of ether oxygens (including phenoxy) is 2. The number of hydrogen-bond donors (Lipinski definition) is 2. The second-order valence-corrected chi connectivity index (χ2v) is 4.43. The van der Waals surface area contributed by atoms with E-state index in [-0.39, 0.29) is 18.7 Å². The summed E-state index contributed by atoms with van der Waals surface area (Å²) in [6, 6.07) is 4.81. The third-order valence-electron chi connectivity index (χ3n) is 2.70. The number of benzene rings is 1. The summed E-state index contributed by atoms with van der Waals surface area (Å²) in [7, 11) is 3.06. The van der Waals surface area contributed by atoms with Crippen LogP contribution in [0.3, 0.4) is 0 Å². The summed E-state index contributed by atoms with van der Waals surface area (Å²) in [5.74, 6) is -0.0258. The van der Waals surface area contributed by atoms with Gasteiger partial charge >= 0.3 is 5.97 Å². The van der Waals surface area contributed by atoms with Gasteiger partial charge < -0.3 is 19.9 Å². The number of carboxylic acid groups (broad SMARTS) is 1. The summed E-state index contributed by atoms with van der Waals surface area (Å²) in [6.07, 6.45) is 0.0575. The number of methoxy groups -OCH3 is 2. The van der Waals surface area contributed by atoms with Crippen molar-refractivity contribution < 1.29 is 24.2 Å². The van der Waals surface area contributed by atoms with E-state index in [9.17, 15) is 9.59 Å². The van der Waals surface area contributed by atoms with E-state index in [0.29, 0.717) is 11.5 Å². The van der Waals surface area contributed by atoms with Gasteiger partial charge in [0.2, 0.25) is 5.91 Å². The van der Waals surface area contributed by atoms with E-state index in [1.807, 2.05) is 0 Å². The number of carbonyl (C=O) groups is 2. The number of carbonyl (C=O) groups excluding carboxylic acids is 1. The Morgan fingerprint density at radius 2 is 1.90 bits per heavy atom. The Balaban J connectivity index is 2.64. The monoisotopic (exact) mass is 281 g/mol. The molecule has 6 heteroatoms. The molecule has 0 radical (unpaired) electrons. The minimum Gasteiger partial charge on any atom is -0.493 e. The Labute approximate surface area is 117 Å². The van der Waals surface area contributed by atoms with Crippen molar-refractivity contribution >= 4 is 11.9 Å². The Morgan fingerprint density at radius 3 is 2.45 bits per heavy atom. The quantitative estimate of drug-likeness (QED) is 0.785. The van der Waals surface area contributed by atoms with Crippen molar-refractivity contribution in [1.29, 1.82) is 0 Å². The van der Waals surface area contributed by atoms with Gasteiger partial charge in [0.1, 0.15) is 0 Å². The first kappa shape index (κ1) is 15.8. The minimum absolute atomic E-state index is 0.0995. The molecule has 0 saturated carbocycles. The van der Waals surface area contributed by atoms with Crippen LogP contribution in [0.4, 0.5) is 0 Å². The first-order valence-corrected chi connectivity index (χ1v) is 6.18. The van der Waals surface area contributed by atoms with E-state index >= 15 is 0 Å². The Bertz CT molecular complexity index is 486. The van der Waals surface area contributed by atoms with E-state index < -0.39 is 12.0 Å². The molecule has 1 unspecified atom stereocenters. The SMILES string of the molecule is COc1ccc(CC(=O)NC(C)CC(=O)O)cc1OC. The summed E-state index contributed by atoms with van der Waals surface area (Å²) in [6.45, 7) is 1.65. The van der Waals surface area contributed by atoms with E-state index in [4.69, 9.17) is 14.6 Å². The Kier molecular flexibility index (Phi) is 5.83. The van der Waals surface area contributed by atoms with E-state index in [1.54, 1.807) is 25.1 Å². The molecule has 1 atom stereocenters. The molecule has 0 aliphatic heterocycles. The molecule has 0 spiro atoms. The van der Waals surface area contributed by atoms with Crippen LogP contribution >= 0.6 is 0 Å². The molecule has 110 valence electrons. The van der Waals surface area contributed by atoms with Gasteiger partial charge in [-0.05, 0) is 24.6 Å². The second-order valence-electron chi connectivity index (χ2n) is 4.43. The third kappa shape index (κ3) is 4.79. The molecule has 0 bridgehead atoms. The highest BCUT2D eigenvalue weighted by molar-refractivity contribution is 5.79. The molecule has 20 heavy (non-hydrogen) atoms. The standard InChI is InChI=1S/C14H19NO5/c1-9(6-14(17)18)15-13(16)8-10-4-5-11(19-2)12(7-10)20-3/h4-5,7,9H,6,8H2,1-3H3,(H,15,16)(H,17,18). The summed E-state index contributed by atoms with van der Waals surface area (Å²) >= 11 is 0. The molecule has 1 rings (SSSR count). The lowest BCUT2D eigenvalue weighted by molar-refractivity contribution is -0.137. The normalized spacial score (nSPS) is 11.6. The van der Waals surface area contributed by atoms with Gasteiger partial charge in [0.25, 0.3) is 0 Å². The average molecular weight is 281 g/mol. The lowest BCUT2D eigenvalue weighted by Crippen LogP contribution is -2.35. The molecule has 6 nitrogen and oxygen atoms in total. The zero-order valence-electron chi connectivity index (χ0n) is 11.8. The third-order valence-corrected chi connectivity index (χ3v) is 2.70. The Morgan fingerprint density at radius 1 is 1.25 bits per heavy atom. The van der Waals surface area contributed by atoms with Gasteiger partial charge in [-0.3, -0.25) is 9.59 Å². The smallest absolute Gasteiger partial charge is 0.305 e. The van der Waals surface area contributed by atoms with Crippen LogP contribution in [0.15, 0.2) is 18.2 Å². The zero-order valence-corrected chi connectivity index (χ0v) is 11.8. The van der Waals surface area contributed by atoms with Crippen LogP contribution in [0.25, 0.3) is 0 Å². The summed E-state index contributed by atoms with van der Waals surface area (Å²) < 4.78 is 10.3. The van der Waals surface area contributed by atoms with Crippen molar-refractivity contribution in [3.63, 3.8) is 0 Å². The first-order valence-electron chi connectivity index (χ1n) is 6.18. The molecule has 1 aromatic rings. The van der Waals surface area contributed by atoms with E-state index in [2.05, 4.69) is 5.32 Å². The number of amides is 1. The zero-order chi connectivity index (χ0) is 15.1.